The Labute approximate surface area is 85.6 Å². The fraction of sp³-hybridized carbons (Fsp3) is 0.889. The molecule has 0 radical (unpaired) electrons. The zero-order valence-electron chi connectivity index (χ0n) is 8.95. The molecule has 0 amide bonds. The zero-order valence-corrected chi connectivity index (χ0v) is 9.76. The van der Waals surface area contributed by atoms with Crippen LogP contribution in [0.3, 0.4) is 0 Å². The number of hydrogen-bond acceptors (Lipinski definition) is 4. The van der Waals surface area contributed by atoms with Crippen LogP contribution >= 0.6 is 0 Å². The van der Waals surface area contributed by atoms with Gasteiger partial charge in [0, 0.05) is 0 Å². The molecule has 0 aromatic rings. The summed E-state index contributed by atoms with van der Waals surface area (Å²) < 4.78 is 27.3. The van der Waals surface area contributed by atoms with E-state index in [-0.39, 0.29) is 23.8 Å². The Bertz CT molecular complexity index is 267. The van der Waals surface area contributed by atoms with E-state index in [1.54, 1.807) is 6.92 Å². The maximum absolute atomic E-state index is 11.3. The van der Waals surface area contributed by atoms with Gasteiger partial charge in [0.1, 0.15) is 0 Å². The molecule has 0 heterocycles. The molecule has 5 heteroatoms. The minimum Gasteiger partial charge on any atom is -0.466 e. The summed E-state index contributed by atoms with van der Waals surface area (Å²) in [5, 5.41) is 0. The van der Waals surface area contributed by atoms with Crippen LogP contribution in [-0.2, 0) is 19.4 Å². The summed E-state index contributed by atoms with van der Waals surface area (Å²) in [6.45, 7) is 5.66. The van der Waals surface area contributed by atoms with E-state index < -0.39 is 15.8 Å². The van der Waals surface area contributed by atoms with Gasteiger partial charge in [-0.3, -0.25) is 4.79 Å². The molecule has 84 valence electrons. The summed E-state index contributed by atoms with van der Waals surface area (Å²) >= 11 is 0. The lowest BCUT2D eigenvalue weighted by Crippen LogP contribution is -2.18. The standard InChI is InChI=1S/C9H18O4S/c1-4-13-9(10)5-6-14(11,12)7-8(2)3/h8H,4-7H2,1-3H3. The Morgan fingerprint density at radius 2 is 1.93 bits per heavy atom. The molecule has 0 aromatic carbocycles. The van der Waals surface area contributed by atoms with Gasteiger partial charge >= 0.3 is 5.97 Å². The van der Waals surface area contributed by atoms with Crippen LogP contribution in [0.4, 0.5) is 0 Å². The van der Waals surface area contributed by atoms with Gasteiger partial charge in [-0.1, -0.05) is 13.8 Å². The minimum absolute atomic E-state index is 0.0388. The highest BCUT2D eigenvalue weighted by atomic mass is 32.2. The predicted molar refractivity (Wildman–Crippen MR) is 54.7 cm³/mol. The molecule has 4 nitrogen and oxygen atoms in total. The Morgan fingerprint density at radius 1 is 1.36 bits per heavy atom. The van der Waals surface area contributed by atoms with Crippen molar-refractivity contribution < 1.29 is 17.9 Å². The molecule has 0 bridgehead atoms. The Morgan fingerprint density at radius 3 is 2.36 bits per heavy atom. The first kappa shape index (κ1) is 13.4. The van der Waals surface area contributed by atoms with E-state index in [0.717, 1.165) is 0 Å². The summed E-state index contributed by atoms with van der Waals surface area (Å²) in [7, 11) is -3.10. The van der Waals surface area contributed by atoms with E-state index in [4.69, 9.17) is 0 Å². The van der Waals surface area contributed by atoms with E-state index >= 15 is 0 Å². The molecule has 0 N–H and O–H groups in total. The summed E-state index contributed by atoms with van der Waals surface area (Å²) in [6.07, 6.45) is -0.0388. The first-order valence-corrected chi connectivity index (χ1v) is 6.55. The van der Waals surface area contributed by atoms with Crippen molar-refractivity contribution in [3.63, 3.8) is 0 Å². The number of carbonyl (C=O) groups is 1. The molecule has 0 atom stereocenters. The van der Waals surface area contributed by atoms with Gasteiger partial charge in [-0.05, 0) is 12.8 Å². The third kappa shape index (κ3) is 6.88. The fourth-order valence-electron chi connectivity index (χ4n) is 1.06. The second kappa shape index (κ2) is 6.01. The lowest BCUT2D eigenvalue weighted by molar-refractivity contribution is -0.142. The molecule has 0 aliphatic rings. The molecule has 0 aliphatic heterocycles. The summed E-state index contributed by atoms with van der Waals surface area (Å²) in [5.41, 5.74) is 0. The third-order valence-corrected chi connectivity index (χ3v) is 3.51. The fourth-order valence-corrected chi connectivity index (χ4v) is 2.72. The van der Waals surface area contributed by atoms with Gasteiger partial charge < -0.3 is 4.74 Å². The lowest BCUT2D eigenvalue weighted by atomic mass is 10.3. The first-order chi connectivity index (χ1) is 6.37. The lowest BCUT2D eigenvalue weighted by Gasteiger charge is -2.06. The van der Waals surface area contributed by atoms with Gasteiger partial charge in [0.2, 0.25) is 0 Å². The Kier molecular flexibility index (Phi) is 5.76. The van der Waals surface area contributed by atoms with Crippen LogP contribution in [0.5, 0.6) is 0 Å². The van der Waals surface area contributed by atoms with Crippen LogP contribution in [0.1, 0.15) is 27.2 Å². The molecular weight excluding hydrogens is 204 g/mol. The SMILES string of the molecule is CCOC(=O)CCS(=O)(=O)CC(C)C. The molecule has 0 aliphatic carbocycles. The molecule has 0 unspecified atom stereocenters. The molecular formula is C9H18O4S. The number of esters is 1. The van der Waals surface area contributed by atoms with Crippen LogP contribution in [0, 0.1) is 5.92 Å². The van der Waals surface area contributed by atoms with Gasteiger partial charge in [0.15, 0.2) is 9.84 Å². The van der Waals surface area contributed by atoms with Crippen molar-refractivity contribution in [2.24, 2.45) is 5.92 Å². The number of sulfone groups is 1. The van der Waals surface area contributed by atoms with E-state index in [1.807, 2.05) is 13.8 Å². The Balaban J connectivity index is 3.94. The quantitative estimate of drug-likeness (QED) is 0.629. The van der Waals surface area contributed by atoms with Crippen LogP contribution in [0.25, 0.3) is 0 Å². The van der Waals surface area contributed by atoms with Crippen molar-refractivity contribution in [2.45, 2.75) is 27.2 Å². The van der Waals surface area contributed by atoms with Crippen LogP contribution in [-0.4, -0.2) is 32.5 Å². The molecule has 0 rings (SSSR count). The highest BCUT2D eigenvalue weighted by Gasteiger charge is 2.15. The number of hydrogen-bond donors (Lipinski definition) is 0. The topological polar surface area (TPSA) is 60.4 Å². The second-order valence-corrected chi connectivity index (χ2v) is 5.79. The van der Waals surface area contributed by atoms with Crippen molar-refractivity contribution in [3.8, 4) is 0 Å². The maximum atomic E-state index is 11.3. The van der Waals surface area contributed by atoms with E-state index in [2.05, 4.69) is 4.74 Å². The number of rotatable bonds is 6. The van der Waals surface area contributed by atoms with Crippen LogP contribution in [0.2, 0.25) is 0 Å². The highest BCUT2D eigenvalue weighted by molar-refractivity contribution is 7.91. The second-order valence-electron chi connectivity index (χ2n) is 3.56. The number of ether oxygens (including phenoxy) is 1. The summed E-state index contributed by atoms with van der Waals surface area (Å²) in [6, 6.07) is 0. The highest BCUT2D eigenvalue weighted by Crippen LogP contribution is 2.02. The van der Waals surface area contributed by atoms with Gasteiger partial charge in [0.05, 0.1) is 24.5 Å². The minimum atomic E-state index is -3.10. The summed E-state index contributed by atoms with van der Waals surface area (Å²) in [5.74, 6) is -0.321. The van der Waals surface area contributed by atoms with Crippen molar-refractivity contribution >= 4 is 15.8 Å². The number of carbonyl (C=O) groups excluding carboxylic acids is 1. The monoisotopic (exact) mass is 222 g/mol. The van der Waals surface area contributed by atoms with Gasteiger partial charge in [0.25, 0.3) is 0 Å². The summed E-state index contributed by atoms with van der Waals surface area (Å²) in [4.78, 5) is 10.9. The smallest absolute Gasteiger partial charge is 0.306 e. The van der Waals surface area contributed by atoms with E-state index in [1.165, 1.54) is 0 Å². The third-order valence-electron chi connectivity index (χ3n) is 1.51. The first-order valence-electron chi connectivity index (χ1n) is 4.73. The largest absolute Gasteiger partial charge is 0.466 e. The van der Waals surface area contributed by atoms with Crippen molar-refractivity contribution in [2.75, 3.05) is 18.1 Å². The van der Waals surface area contributed by atoms with Gasteiger partial charge in [-0.25, -0.2) is 8.42 Å². The molecule has 0 saturated carbocycles. The normalized spacial score (nSPS) is 11.7. The van der Waals surface area contributed by atoms with Crippen LogP contribution < -0.4 is 0 Å². The van der Waals surface area contributed by atoms with Gasteiger partial charge in [-0.15, -0.1) is 0 Å². The van der Waals surface area contributed by atoms with E-state index in [9.17, 15) is 13.2 Å². The predicted octanol–water partition coefficient (Wildman–Crippen LogP) is 1.01. The average Bonchev–Trinajstić information content (AvgIpc) is 1.99. The van der Waals surface area contributed by atoms with Crippen molar-refractivity contribution in [3.05, 3.63) is 0 Å². The maximum Gasteiger partial charge on any atom is 0.306 e. The van der Waals surface area contributed by atoms with Crippen molar-refractivity contribution in [1.82, 2.24) is 0 Å². The van der Waals surface area contributed by atoms with E-state index in [0.29, 0.717) is 6.61 Å². The average molecular weight is 222 g/mol. The molecule has 0 saturated heterocycles. The Hall–Kier alpha value is -0.580. The molecule has 0 spiro atoms. The molecule has 14 heavy (non-hydrogen) atoms. The van der Waals surface area contributed by atoms with Crippen molar-refractivity contribution in [1.29, 1.82) is 0 Å². The van der Waals surface area contributed by atoms with Crippen LogP contribution in [0.15, 0.2) is 0 Å². The van der Waals surface area contributed by atoms with Gasteiger partial charge in [-0.2, -0.15) is 0 Å². The molecule has 0 fully saturated rings. The molecule has 0 aromatic heterocycles. The zero-order chi connectivity index (χ0) is 11.2.